The molecule has 0 radical (unpaired) electrons. The zero-order valence-corrected chi connectivity index (χ0v) is 13.0. The predicted octanol–water partition coefficient (Wildman–Crippen LogP) is 2.40. The predicted molar refractivity (Wildman–Crippen MR) is 81.4 cm³/mol. The second kappa shape index (κ2) is 5.99. The Hall–Kier alpha value is -1.43. The van der Waals surface area contributed by atoms with Crippen molar-refractivity contribution in [2.45, 2.75) is 50.9 Å². The van der Waals surface area contributed by atoms with E-state index in [1.54, 1.807) is 0 Å². The molecule has 1 aliphatic carbocycles. The first-order valence-electron chi connectivity index (χ1n) is 8.66. The fourth-order valence-corrected chi connectivity index (χ4v) is 4.26. The number of carbonyl (C=O) groups excluding carboxylic acids is 1. The Morgan fingerprint density at radius 1 is 1.14 bits per heavy atom. The molecule has 1 aromatic rings. The highest BCUT2D eigenvalue weighted by Crippen LogP contribution is 2.38. The molecule has 1 amide bonds. The molecule has 120 valence electrons. The zero-order valence-electron chi connectivity index (χ0n) is 13.0. The van der Waals surface area contributed by atoms with Crippen LogP contribution >= 0.6 is 0 Å². The fraction of sp³-hybridized carbons (Fsp3) is 0.812. The van der Waals surface area contributed by atoms with E-state index in [1.165, 1.54) is 32.4 Å². The summed E-state index contributed by atoms with van der Waals surface area (Å²) in [6, 6.07) is 0. The van der Waals surface area contributed by atoms with Gasteiger partial charge >= 0.3 is 0 Å². The van der Waals surface area contributed by atoms with Gasteiger partial charge in [-0.2, -0.15) is 4.98 Å². The van der Waals surface area contributed by atoms with Gasteiger partial charge in [-0.25, -0.2) is 0 Å². The van der Waals surface area contributed by atoms with E-state index in [1.807, 2.05) is 0 Å². The van der Waals surface area contributed by atoms with Crippen LogP contribution in [-0.2, 0) is 4.79 Å². The lowest BCUT2D eigenvalue weighted by atomic mass is 9.79. The Morgan fingerprint density at radius 2 is 1.91 bits per heavy atom. The van der Waals surface area contributed by atoms with Crippen LogP contribution in [0.3, 0.4) is 0 Å². The Morgan fingerprint density at radius 3 is 2.59 bits per heavy atom. The van der Waals surface area contributed by atoms with Crippen LogP contribution in [0, 0.1) is 11.8 Å². The maximum atomic E-state index is 12.2. The minimum absolute atomic E-state index is 0.0564. The van der Waals surface area contributed by atoms with Crippen LogP contribution in [0.4, 0.5) is 5.95 Å². The van der Waals surface area contributed by atoms with E-state index in [4.69, 9.17) is 4.52 Å². The van der Waals surface area contributed by atoms with E-state index in [0.717, 1.165) is 32.2 Å². The van der Waals surface area contributed by atoms with Gasteiger partial charge in [0.15, 0.2) is 0 Å². The van der Waals surface area contributed by atoms with Gasteiger partial charge in [-0.15, -0.1) is 0 Å². The van der Waals surface area contributed by atoms with Gasteiger partial charge in [0.25, 0.3) is 5.95 Å². The number of aromatic nitrogens is 2. The molecule has 2 bridgehead atoms. The van der Waals surface area contributed by atoms with Gasteiger partial charge in [-0.1, -0.05) is 19.3 Å². The SMILES string of the molecule is O=C(Nc1noc(C2CN3CCC2CC3)n1)C1CCCCC1. The van der Waals surface area contributed by atoms with Gasteiger partial charge in [0.05, 0.1) is 5.92 Å². The summed E-state index contributed by atoms with van der Waals surface area (Å²) in [5.74, 6) is 2.23. The summed E-state index contributed by atoms with van der Waals surface area (Å²) >= 11 is 0. The highest BCUT2D eigenvalue weighted by atomic mass is 16.5. The summed E-state index contributed by atoms with van der Waals surface area (Å²) in [7, 11) is 0. The maximum Gasteiger partial charge on any atom is 0.270 e. The Kier molecular flexibility index (Phi) is 3.86. The molecule has 3 saturated heterocycles. The third kappa shape index (κ3) is 2.76. The lowest BCUT2D eigenvalue weighted by Crippen LogP contribution is -2.46. The number of piperidine rings is 3. The summed E-state index contributed by atoms with van der Waals surface area (Å²) in [5, 5.41) is 6.82. The van der Waals surface area contributed by atoms with Crippen molar-refractivity contribution in [3.8, 4) is 0 Å². The largest absolute Gasteiger partial charge is 0.337 e. The average Bonchev–Trinajstić information content (AvgIpc) is 3.05. The van der Waals surface area contributed by atoms with Gasteiger partial charge in [0, 0.05) is 12.5 Å². The van der Waals surface area contributed by atoms with E-state index in [9.17, 15) is 4.79 Å². The lowest BCUT2D eigenvalue weighted by Gasteiger charge is -2.43. The van der Waals surface area contributed by atoms with Crippen LogP contribution in [0.5, 0.6) is 0 Å². The van der Waals surface area contributed by atoms with Gasteiger partial charge in [-0.05, 0) is 49.8 Å². The molecule has 1 saturated carbocycles. The zero-order chi connectivity index (χ0) is 14.9. The van der Waals surface area contributed by atoms with Gasteiger partial charge in [0.2, 0.25) is 11.8 Å². The van der Waals surface area contributed by atoms with Crippen LogP contribution in [0.2, 0.25) is 0 Å². The van der Waals surface area contributed by atoms with Crippen molar-refractivity contribution in [1.29, 1.82) is 0 Å². The molecule has 0 aromatic carbocycles. The number of hydrogen-bond acceptors (Lipinski definition) is 5. The average molecular weight is 304 g/mol. The molecule has 4 fully saturated rings. The van der Waals surface area contributed by atoms with Crippen LogP contribution in [0.25, 0.3) is 0 Å². The van der Waals surface area contributed by atoms with E-state index in [-0.39, 0.29) is 11.8 Å². The van der Waals surface area contributed by atoms with Gasteiger partial charge < -0.3 is 9.42 Å². The molecule has 5 rings (SSSR count). The smallest absolute Gasteiger partial charge is 0.270 e. The highest BCUT2D eigenvalue weighted by molar-refractivity contribution is 5.90. The second-order valence-corrected chi connectivity index (χ2v) is 7.02. The summed E-state index contributed by atoms with van der Waals surface area (Å²) in [6.45, 7) is 3.41. The van der Waals surface area contributed by atoms with E-state index >= 15 is 0 Å². The summed E-state index contributed by atoms with van der Waals surface area (Å²) in [4.78, 5) is 19.2. The molecule has 6 nitrogen and oxygen atoms in total. The van der Waals surface area contributed by atoms with Crippen molar-refractivity contribution >= 4 is 11.9 Å². The molecule has 6 heteroatoms. The summed E-state index contributed by atoms with van der Waals surface area (Å²) in [5.41, 5.74) is 0. The molecule has 1 aromatic heterocycles. The third-order valence-corrected chi connectivity index (χ3v) is 5.63. The molecule has 0 spiro atoms. The lowest BCUT2D eigenvalue weighted by molar-refractivity contribution is -0.120. The van der Waals surface area contributed by atoms with Crippen molar-refractivity contribution in [2.75, 3.05) is 25.0 Å². The molecule has 3 aliphatic heterocycles. The van der Waals surface area contributed by atoms with Crippen molar-refractivity contribution in [1.82, 2.24) is 15.0 Å². The van der Waals surface area contributed by atoms with Gasteiger partial charge in [-0.3, -0.25) is 10.1 Å². The monoisotopic (exact) mass is 304 g/mol. The highest BCUT2D eigenvalue weighted by Gasteiger charge is 2.38. The summed E-state index contributed by atoms with van der Waals surface area (Å²) in [6.07, 6.45) is 7.94. The van der Waals surface area contributed by atoms with Crippen molar-refractivity contribution < 1.29 is 9.32 Å². The first kappa shape index (κ1) is 14.2. The van der Waals surface area contributed by atoms with E-state index in [2.05, 4.69) is 20.4 Å². The second-order valence-electron chi connectivity index (χ2n) is 7.02. The van der Waals surface area contributed by atoms with Crippen molar-refractivity contribution in [3.63, 3.8) is 0 Å². The van der Waals surface area contributed by atoms with Crippen LogP contribution in [0.1, 0.15) is 56.8 Å². The molecule has 22 heavy (non-hydrogen) atoms. The Bertz CT molecular complexity index is 530. The molecule has 1 atom stereocenters. The molecular weight excluding hydrogens is 280 g/mol. The van der Waals surface area contributed by atoms with Crippen molar-refractivity contribution in [2.24, 2.45) is 11.8 Å². The minimum Gasteiger partial charge on any atom is -0.337 e. The first-order valence-corrected chi connectivity index (χ1v) is 8.66. The van der Waals surface area contributed by atoms with Crippen molar-refractivity contribution in [3.05, 3.63) is 5.89 Å². The normalized spacial score (nSPS) is 32.1. The first-order chi connectivity index (χ1) is 10.8. The third-order valence-electron chi connectivity index (χ3n) is 5.63. The Labute approximate surface area is 130 Å². The van der Waals surface area contributed by atoms with Crippen LogP contribution in [-0.4, -0.2) is 40.6 Å². The number of amides is 1. The molecule has 1 unspecified atom stereocenters. The Balaban J connectivity index is 1.40. The van der Waals surface area contributed by atoms with Crippen LogP contribution in [0.15, 0.2) is 4.52 Å². The van der Waals surface area contributed by atoms with Crippen LogP contribution < -0.4 is 5.32 Å². The summed E-state index contributed by atoms with van der Waals surface area (Å²) < 4.78 is 5.44. The maximum absolute atomic E-state index is 12.2. The van der Waals surface area contributed by atoms with Gasteiger partial charge in [0.1, 0.15) is 0 Å². The fourth-order valence-electron chi connectivity index (χ4n) is 4.26. The number of nitrogens with one attached hydrogen (secondary N) is 1. The number of fused-ring (bicyclic) bond motifs is 3. The number of nitrogens with zero attached hydrogens (tertiary/aromatic N) is 3. The number of hydrogen-bond donors (Lipinski definition) is 1. The standard InChI is InChI=1S/C16H24N4O2/c21-14(12-4-2-1-3-5-12)17-16-18-15(22-19-16)13-10-20-8-6-11(13)7-9-20/h11-13H,1-10H2,(H,17,19,21). The number of carbonyl (C=O) groups is 1. The number of rotatable bonds is 3. The molecule has 1 N–H and O–H groups in total. The quantitative estimate of drug-likeness (QED) is 0.928. The topological polar surface area (TPSA) is 71.3 Å². The minimum atomic E-state index is 0.0564. The van der Waals surface area contributed by atoms with E-state index in [0.29, 0.717) is 23.7 Å². The van der Waals surface area contributed by atoms with E-state index < -0.39 is 0 Å². The molecule has 4 heterocycles. The molecular formula is C16H24N4O2. The molecule has 4 aliphatic rings. The number of anilines is 1.